The molecule has 0 aliphatic rings. The number of benzene rings is 4. The first-order valence-corrected chi connectivity index (χ1v) is 13.4. The molecule has 5 aromatic rings. The third-order valence-electron chi connectivity index (χ3n) is 6.41. The van der Waals surface area contributed by atoms with E-state index in [4.69, 9.17) is 25.5 Å². The highest BCUT2D eigenvalue weighted by Gasteiger charge is 2.24. The summed E-state index contributed by atoms with van der Waals surface area (Å²) in [6.45, 7) is 2.39. The standard InChI is InChI=1S/C33H28ClNO5/c1-2-38-33(37)32-31(28-18-13-25(20-29(28)40-32)24-11-14-26(34)15-12-24)35-30(36)19-10-22-8-16-27(17-9-22)39-21-23-6-4-3-5-7-23/h3-9,11-18,20H,2,10,19,21H2,1H3,(H,35,36). The molecule has 0 spiro atoms. The second-order valence-corrected chi connectivity index (χ2v) is 9.65. The fourth-order valence-corrected chi connectivity index (χ4v) is 4.46. The maximum absolute atomic E-state index is 13.0. The van der Waals surface area contributed by atoms with E-state index in [1.165, 1.54) is 0 Å². The number of aryl methyl sites for hydroxylation is 1. The number of carbonyl (C=O) groups excluding carboxylic acids is 2. The number of fused-ring (bicyclic) bond motifs is 1. The van der Waals surface area contributed by atoms with Gasteiger partial charge >= 0.3 is 5.97 Å². The molecule has 40 heavy (non-hydrogen) atoms. The first kappa shape index (κ1) is 27.0. The molecule has 5 rings (SSSR count). The minimum absolute atomic E-state index is 0.0293. The third-order valence-corrected chi connectivity index (χ3v) is 6.66. The Morgan fingerprint density at radius 2 is 1.57 bits per heavy atom. The van der Waals surface area contributed by atoms with Gasteiger partial charge in [-0.25, -0.2) is 4.79 Å². The summed E-state index contributed by atoms with van der Waals surface area (Å²) in [6.07, 6.45) is 0.748. The number of hydrogen-bond acceptors (Lipinski definition) is 5. The van der Waals surface area contributed by atoms with Crippen molar-refractivity contribution >= 4 is 40.1 Å². The molecule has 1 aromatic heterocycles. The fourth-order valence-electron chi connectivity index (χ4n) is 4.34. The lowest BCUT2D eigenvalue weighted by Gasteiger charge is -2.08. The van der Waals surface area contributed by atoms with Crippen molar-refractivity contribution in [3.05, 3.63) is 119 Å². The summed E-state index contributed by atoms with van der Waals surface area (Å²) in [5.41, 5.74) is 4.71. The number of nitrogens with one attached hydrogen (secondary N) is 1. The molecular formula is C33H28ClNO5. The summed E-state index contributed by atoms with van der Waals surface area (Å²) >= 11 is 6.02. The quantitative estimate of drug-likeness (QED) is 0.177. The van der Waals surface area contributed by atoms with E-state index in [0.29, 0.717) is 34.7 Å². The third kappa shape index (κ3) is 6.53. The number of hydrogen-bond donors (Lipinski definition) is 1. The minimum atomic E-state index is -0.631. The van der Waals surface area contributed by atoms with Crippen molar-refractivity contribution < 1.29 is 23.5 Å². The smallest absolute Gasteiger partial charge is 0.376 e. The van der Waals surface area contributed by atoms with Gasteiger partial charge in [-0.1, -0.05) is 72.3 Å². The number of rotatable bonds is 10. The van der Waals surface area contributed by atoms with Crippen molar-refractivity contribution in [2.75, 3.05) is 11.9 Å². The summed E-state index contributed by atoms with van der Waals surface area (Å²) in [6, 6.07) is 30.7. The number of ether oxygens (including phenoxy) is 2. The zero-order valence-electron chi connectivity index (χ0n) is 22.0. The summed E-state index contributed by atoms with van der Waals surface area (Å²) in [5.74, 6) is -0.134. The summed E-state index contributed by atoms with van der Waals surface area (Å²) in [5, 5.41) is 4.15. The van der Waals surface area contributed by atoms with Gasteiger partial charge in [0, 0.05) is 16.8 Å². The first-order valence-electron chi connectivity index (χ1n) is 13.1. The summed E-state index contributed by atoms with van der Waals surface area (Å²) in [7, 11) is 0. The van der Waals surface area contributed by atoms with Crippen molar-refractivity contribution in [3.63, 3.8) is 0 Å². The number of amides is 1. The van der Waals surface area contributed by atoms with Crippen molar-refractivity contribution in [2.45, 2.75) is 26.4 Å². The van der Waals surface area contributed by atoms with Gasteiger partial charge in [0.25, 0.3) is 0 Å². The van der Waals surface area contributed by atoms with Crippen LogP contribution < -0.4 is 10.1 Å². The Morgan fingerprint density at radius 3 is 2.30 bits per heavy atom. The highest BCUT2D eigenvalue weighted by atomic mass is 35.5. The number of anilines is 1. The van der Waals surface area contributed by atoms with Gasteiger partial charge in [0.15, 0.2) is 0 Å². The molecule has 0 radical (unpaired) electrons. The van der Waals surface area contributed by atoms with E-state index in [1.807, 2.05) is 97.1 Å². The number of esters is 1. The zero-order valence-corrected chi connectivity index (χ0v) is 22.7. The van der Waals surface area contributed by atoms with Crippen LogP contribution in [0.4, 0.5) is 5.69 Å². The van der Waals surface area contributed by atoms with Crippen LogP contribution in [-0.4, -0.2) is 18.5 Å². The molecule has 1 amide bonds. The van der Waals surface area contributed by atoms with E-state index >= 15 is 0 Å². The SMILES string of the molecule is CCOC(=O)c1oc2cc(-c3ccc(Cl)cc3)ccc2c1NC(=O)CCc1ccc(OCc2ccccc2)cc1. The lowest BCUT2D eigenvalue weighted by atomic mass is 10.0. The number of halogens is 1. The highest BCUT2D eigenvalue weighted by Crippen LogP contribution is 2.35. The van der Waals surface area contributed by atoms with Gasteiger partial charge in [-0.2, -0.15) is 0 Å². The van der Waals surface area contributed by atoms with E-state index < -0.39 is 5.97 Å². The Bertz CT molecular complexity index is 1610. The van der Waals surface area contributed by atoms with Crippen molar-refractivity contribution in [1.82, 2.24) is 0 Å². The van der Waals surface area contributed by atoms with Crippen LogP contribution in [-0.2, 0) is 22.6 Å². The monoisotopic (exact) mass is 553 g/mol. The Kier molecular flexibility index (Phi) is 8.47. The van der Waals surface area contributed by atoms with E-state index in [0.717, 1.165) is 28.0 Å². The van der Waals surface area contributed by atoms with Gasteiger partial charge < -0.3 is 19.2 Å². The number of carbonyl (C=O) groups is 2. The molecule has 0 fully saturated rings. The normalized spacial score (nSPS) is 10.8. The van der Waals surface area contributed by atoms with E-state index in [2.05, 4.69) is 5.32 Å². The molecule has 7 heteroatoms. The van der Waals surface area contributed by atoms with Gasteiger partial charge in [0.05, 0.1) is 6.61 Å². The minimum Gasteiger partial charge on any atom is -0.489 e. The van der Waals surface area contributed by atoms with Crippen molar-refractivity contribution in [2.24, 2.45) is 0 Å². The molecule has 0 aliphatic carbocycles. The largest absolute Gasteiger partial charge is 0.489 e. The second-order valence-electron chi connectivity index (χ2n) is 9.21. The average Bonchev–Trinajstić information content (AvgIpc) is 3.34. The molecule has 0 atom stereocenters. The number of furan rings is 1. The van der Waals surface area contributed by atoms with Crippen LogP contribution in [0.15, 0.2) is 101 Å². The molecular weight excluding hydrogens is 526 g/mol. The van der Waals surface area contributed by atoms with Crippen LogP contribution in [0.2, 0.25) is 5.02 Å². The maximum atomic E-state index is 13.0. The predicted octanol–water partition coefficient (Wildman–Crippen LogP) is 8.08. The molecule has 0 aliphatic heterocycles. The highest BCUT2D eigenvalue weighted by molar-refractivity contribution is 6.30. The topological polar surface area (TPSA) is 77.8 Å². The maximum Gasteiger partial charge on any atom is 0.376 e. The van der Waals surface area contributed by atoms with E-state index in [1.54, 1.807) is 6.92 Å². The molecule has 202 valence electrons. The lowest BCUT2D eigenvalue weighted by Crippen LogP contribution is -2.15. The van der Waals surface area contributed by atoms with Gasteiger partial charge in [-0.15, -0.1) is 0 Å². The average molecular weight is 554 g/mol. The van der Waals surface area contributed by atoms with Crippen LogP contribution >= 0.6 is 11.6 Å². The van der Waals surface area contributed by atoms with Crippen LogP contribution in [0, 0.1) is 0 Å². The van der Waals surface area contributed by atoms with Gasteiger partial charge in [0.2, 0.25) is 11.7 Å². The summed E-state index contributed by atoms with van der Waals surface area (Å²) in [4.78, 5) is 25.6. The Balaban J connectivity index is 1.27. The van der Waals surface area contributed by atoms with Gasteiger partial charge in [-0.05, 0) is 72.0 Å². The fraction of sp³-hybridized carbons (Fsp3) is 0.152. The van der Waals surface area contributed by atoms with E-state index in [9.17, 15) is 9.59 Å². The Labute approximate surface area is 237 Å². The molecule has 1 heterocycles. The van der Waals surface area contributed by atoms with Crippen LogP contribution in [0.3, 0.4) is 0 Å². The summed E-state index contributed by atoms with van der Waals surface area (Å²) < 4.78 is 16.9. The second kappa shape index (κ2) is 12.5. The molecule has 0 saturated heterocycles. The van der Waals surface area contributed by atoms with Crippen LogP contribution in [0.5, 0.6) is 5.75 Å². The Hall–Kier alpha value is -4.55. The zero-order chi connectivity index (χ0) is 27.9. The molecule has 4 aromatic carbocycles. The lowest BCUT2D eigenvalue weighted by molar-refractivity contribution is -0.116. The molecule has 0 unspecified atom stereocenters. The van der Waals surface area contributed by atoms with Gasteiger partial charge in [0.1, 0.15) is 23.6 Å². The molecule has 1 N–H and O–H groups in total. The van der Waals surface area contributed by atoms with Crippen molar-refractivity contribution in [1.29, 1.82) is 0 Å². The first-order chi connectivity index (χ1) is 19.5. The van der Waals surface area contributed by atoms with Gasteiger partial charge in [-0.3, -0.25) is 4.79 Å². The molecule has 0 bridgehead atoms. The Morgan fingerprint density at radius 1 is 0.850 bits per heavy atom. The van der Waals surface area contributed by atoms with E-state index in [-0.39, 0.29) is 24.7 Å². The van der Waals surface area contributed by atoms with Crippen LogP contribution in [0.1, 0.15) is 35.0 Å². The molecule has 6 nitrogen and oxygen atoms in total. The predicted molar refractivity (Wildman–Crippen MR) is 157 cm³/mol. The van der Waals surface area contributed by atoms with Crippen molar-refractivity contribution in [3.8, 4) is 16.9 Å². The molecule has 0 saturated carbocycles. The van der Waals surface area contributed by atoms with Crippen LogP contribution in [0.25, 0.3) is 22.1 Å².